The Morgan fingerprint density at radius 1 is 1.44 bits per heavy atom. The zero-order chi connectivity index (χ0) is 13.1. The van der Waals surface area contributed by atoms with E-state index in [1.807, 2.05) is 31.2 Å². The third kappa shape index (κ3) is 2.97. The topological polar surface area (TPSA) is 63.6 Å². The molecule has 1 heterocycles. The van der Waals surface area contributed by atoms with Gasteiger partial charge in [0.15, 0.2) is 6.10 Å². The number of hydrogen-bond donors (Lipinski definition) is 1. The molecule has 1 aromatic rings. The van der Waals surface area contributed by atoms with Crippen molar-refractivity contribution in [1.29, 1.82) is 0 Å². The maximum Gasteiger partial charge on any atom is 0.332 e. The number of hydrogen-bond acceptors (Lipinski definition) is 3. The number of benzene rings is 1. The van der Waals surface area contributed by atoms with Crippen LogP contribution in [0.3, 0.4) is 0 Å². The summed E-state index contributed by atoms with van der Waals surface area (Å²) in [6, 6.07) is 7.52. The Balaban J connectivity index is 1.97. The molecule has 1 aliphatic heterocycles. The monoisotopic (exact) mass is 268 g/mol. The van der Waals surface area contributed by atoms with E-state index in [0.717, 1.165) is 10.5 Å². The van der Waals surface area contributed by atoms with Crippen molar-refractivity contribution in [3.05, 3.63) is 29.8 Å². The summed E-state index contributed by atoms with van der Waals surface area (Å²) in [4.78, 5) is 11.6. The largest absolute Gasteiger partial charge is 0.479 e. The number of ether oxygens (including phenoxy) is 1. The summed E-state index contributed by atoms with van der Waals surface area (Å²) in [6.07, 6.45) is 0.218. The third-order valence-corrected chi connectivity index (χ3v) is 4.68. The average Bonchev–Trinajstić information content (AvgIpc) is 2.78. The molecule has 98 valence electrons. The molecule has 0 bridgehead atoms. The lowest BCUT2D eigenvalue weighted by atomic mass is 10.2. The Morgan fingerprint density at radius 3 is 2.78 bits per heavy atom. The molecule has 18 heavy (non-hydrogen) atoms. The van der Waals surface area contributed by atoms with Gasteiger partial charge in [-0.2, -0.15) is 0 Å². The van der Waals surface area contributed by atoms with Gasteiger partial charge in [0.1, 0.15) is 0 Å². The van der Waals surface area contributed by atoms with E-state index < -0.39 is 22.9 Å². The second-order valence-corrected chi connectivity index (χ2v) is 5.90. The van der Waals surface area contributed by atoms with Crippen LogP contribution in [0.2, 0.25) is 0 Å². The van der Waals surface area contributed by atoms with Crippen molar-refractivity contribution in [1.82, 2.24) is 0 Å². The van der Waals surface area contributed by atoms with Gasteiger partial charge in [0.2, 0.25) is 0 Å². The van der Waals surface area contributed by atoms with Crippen LogP contribution < -0.4 is 0 Å². The minimum Gasteiger partial charge on any atom is -0.479 e. The first kappa shape index (κ1) is 13.2. The minimum atomic E-state index is -1.13. The summed E-state index contributed by atoms with van der Waals surface area (Å²) in [5, 5.41) is 8.83. The number of carbonyl (C=O) groups is 1. The highest BCUT2D eigenvalue weighted by atomic mass is 32.2. The Kier molecular flexibility index (Phi) is 4.14. The van der Waals surface area contributed by atoms with Crippen LogP contribution in [0.4, 0.5) is 0 Å². The van der Waals surface area contributed by atoms with Crippen molar-refractivity contribution in [3.63, 3.8) is 0 Å². The Labute approximate surface area is 108 Å². The highest BCUT2D eigenvalue weighted by molar-refractivity contribution is 7.85. The molecule has 0 amide bonds. The van der Waals surface area contributed by atoms with Crippen LogP contribution >= 0.6 is 0 Å². The zero-order valence-corrected chi connectivity index (χ0v) is 11.0. The molecule has 3 atom stereocenters. The van der Waals surface area contributed by atoms with Gasteiger partial charge in [-0.05, 0) is 31.4 Å². The summed E-state index contributed by atoms with van der Waals surface area (Å²) in [5.74, 6) is -0.562. The second-order valence-electron chi connectivity index (χ2n) is 4.44. The van der Waals surface area contributed by atoms with Crippen LogP contribution in [0.1, 0.15) is 18.4 Å². The molecule has 0 radical (unpaired) electrons. The second kappa shape index (κ2) is 5.63. The van der Waals surface area contributed by atoms with Crippen molar-refractivity contribution in [3.8, 4) is 0 Å². The molecule has 3 unspecified atom stereocenters. The first-order valence-electron chi connectivity index (χ1n) is 5.90. The molecule has 1 fully saturated rings. The van der Waals surface area contributed by atoms with E-state index in [1.165, 1.54) is 0 Å². The zero-order valence-electron chi connectivity index (χ0n) is 10.2. The van der Waals surface area contributed by atoms with Crippen LogP contribution in [0.5, 0.6) is 0 Å². The predicted molar refractivity (Wildman–Crippen MR) is 68.0 cm³/mol. The van der Waals surface area contributed by atoms with Gasteiger partial charge >= 0.3 is 5.97 Å². The van der Waals surface area contributed by atoms with Crippen molar-refractivity contribution in [2.45, 2.75) is 36.9 Å². The lowest BCUT2D eigenvalue weighted by Crippen LogP contribution is -2.23. The fraction of sp³-hybridized carbons (Fsp3) is 0.462. The lowest BCUT2D eigenvalue weighted by molar-refractivity contribution is -0.148. The summed E-state index contributed by atoms with van der Waals surface area (Å²) < 4.78 is 17.5. The number of carboxylic acid groups (broad SMARTS) is 1. The van der Waals surface area contributed by atoms with Crippen LogP contribution in [-0.2, 0) is 20.3 Å². The Hall–Kier alpha value is -1.20. The highest BCUT2D eigenvalue weighted by Crippen LogP contribution is 2.23. The van der Waals surface area contributed by atoms with Crippen molar-refractivity contribution < 1.29 is 18.8 Å². The maximum atomic E-state index is 12.2. The predicted octanol–water partition coefficient (Wildman–Crippen LogP) is 1.73. The number of carboxylic acids is 1. The standard InChI is InChI=1S/C13H16O4S/c1-9-4-2-3-5-12(9)18(16)8-10-6-7-11(17-10)13(14)15/h2-5,10-11H,6-8H2,1H3,(H,14,15). The van der Waals surface area contributed by atoms with Gasteiger partial charge in [0.25, 0.3) is 0 Å². The van der Waals surface area contributed by atoms with Gasteiger partial charge in [0, 0.05) is 4.90 Å². The number of aryl methyl sites for hydroxylation is 1. The Morgan fingerprint density at radius 2 is 2.17 bits per heavy atom. The van der Waals surface area contributed by atoms with Crippen molar-refractivity contribution in [2.75, 3.05) is 5.75 Å². The average molecular weight is 268 g/mol. The highest BCUT2D eigenvalue weighted by Gasteiger charge is 2.31. The molecule has 2 rings (SSSR count). The molecule has 1 aliphatic rings. The molecular formula is C13H16O4S. The van der Waals surface area contributed by atoms with Crippen LogP contribution in [0.15, 0.2) is 29.2 Å². The molecule has 0 saturated carbocycles. The lowest BCUT2D eigenvalue weighted by Gasteiger charge is -2.12. The van der Waals surface area contributed by atoms with Crippen LogP contribution in [0, 0.1) is 6.92 Å². The molecule has 0 aliphatic carbocycles. The summed E-state index contributed by atoms with van der Waals surface area (Å²) in [6.45, 7) is 1.92. The van der Waals surface area contributed by atoms with E-state index in [9.17, 15) is 9.00 Å². The summed E-state index contributed by atoms with van der Waals surface area (Å²) in [5.41, 5.74) is 0.989. The van der Waals surface area contributed by atoms with Crippen molar-refractivity contribution in [2.24, 2.45) is 0 Å². The van der Waals surface area contributed by atoms with E-state index in [1.54, 1.807) is 0 Å². The quantitative estimate of drug-likeness (QED) is 0.903. The fourth-order valence-electron chi connectivity index (χ4n) is 2.08. The van der Waals surface area contributed by atoms with Crippen LogP contribution in [0.25, 0.3) is 0 Å². The SMILES string of the molecule is Cc1ccccc1S(=O)CC1CCC(C(=O)O)O1. The van der Waals surface area contributed by atoms with Gasteiger partial charge in [0.05, 0.1) is 22.7 Å². The fourth-order valence-corrected chi connectivity index (χ4v) is 3.50. The summed E-state index contributed by atoms with van der Waals surface area (Å²) >= 11 is 0. The smallest absolute Gasteiger partial charge is 0.332 e. The molecule has 1 aromatic carbocycles. The molecule has 0 spiro atoms. The van der Waals surface area contributed by atoms with Gasteiger partial charge < -0.3 is 9.84 Å². The van der Waals surface area contributed by atoms with Gasteiger partial charge in [-0.1, -0.05) is 18.2 Å². The molecule has 5 heteroatoms. The number of aliphatic carboxylic acids is 1. The first-order valence-corrected chi connectivity index (χ1v) is 7.22. The van der Waals surface area contributed by atoms with Gasteiger partial charge in [-0.3, -0.25) is 4.21 Å². The first-order chi connectivity index (χ1) is 8.58. The van der Waals surface area contributed by atoms with Gasteiger partial charge in [-0.15, -0.1) is 0 Å². The van der Waals surface area contributed by atoms with E-state index in [-0.39, 0.29) is 6.10 Å². The molecule has 1 N–H and O–H groups in total. The number of rotatable bonds is 4. The molecular weight excluding hydrogens is 252 g/mol. The van der Waals surface area contributed by atoms with E-state index in [2.05, 4.69) is 0 Å². The van der Waals surface area contributed by atoms with E-state index in [0.29, 0.717) is 18.6 Å². The molecule has 4 nitrogen and oxygen atoms in total. The van der Waals surface area contributed by atoms with Crippen molar-refractivity contribution >= 4 is 16.8 Å². The van der Waals surface area contributed by atoms with Gasteiger partial charge in [-0.25, -0.2) is 4.79 Å². The van der Waals surface area contributed by atoms with Crippen LogP contribution in [-0.4, -0.2) is 33.2 Å². The summed E-state index contributed by atoms with van der Waals surface area (Å²) in [7, 11) is -1.13. The van der Waals surface area contributed by atoms with E-state index >= 15 is 0 Å². The third-order valence-electron chi connectivity index (χ3n) is 3.06. The Bertz CT molecular complexity index is 472. The molecule has 0 aromatic heterocycles. The molecule has 1 saturated heterocycles. The minimum absolute atomic E-state index is 0.216. The normalized spacial score (nSPS) is 24.9. The maximum absolute atomic E-state index is 12.2. The van der Waals surface area contributed by atoms with E-state index in [4.69, 9.17) is 9.84 Å².